The van der Waals surface area contributed by atoms with Gasteiger partial charge in [0.25, 0.3) is 0 Å². The van der Waals surface area contributed by atoms with Crippen LogP contribution in [0.2, 0.25) is 0 Å². The minimum Gasteiger partial charge on any atom is -0.493 e. The average Bonchev–Trinajstić information content (AvgIpc) is 2.84. The van der Waals surface area contributed by atoms with Gasteiger partial charge in [0.1, 0.15) is 11.6 Å². The van der Waals surface area contributed by atoms with Gasteiger partial charge in [-0.2, -0.15) is 5.26 Å². The van der Waals surface area contributed by atoms with E-state index in [1.807, 2.05) is 6.07 Å². The number of hydrogen-bond donors (Lipinski definition) is 1. The number of aliphatic hydroxyl groups excluding tert-OH is 1. The molecule has 34 heavy (non-hydrogen) atoms. The number of hydrogen-bond acceptors (Lipinski definition) is 4. The van der Waals surface area contributed by atoms with Crippen molar-refractivity contribution in [3.8, 4) is 11.8 Å². The molecule has 0 heterocycles. The van der Waals surface area contributed by atoms with Crippen molar-refractivity contribution in [1.82, 2.24) is 0 Å². The molecule has 0 fully saturated rings. The molecule has 0 radical (unpaired) electrons. The molecule has 0 saturated heterocycles. The molecule has 0 amide bonds. The van der Waals surface area contributed by atoms with E-state index in [9.17, 15) is 9.50 Å². The highest BCUT2D eigenvalue weighted by molar-refractivity contribution is 5.37. The summed E-state index contributed by atoms with van der Waals surface area (Å²) in [4.78, 5) is 0. The molecule has 1 rings (SSSR count). The summed E-state index contributed by atoms with van der Waals surface area (Å²) in [6.07, 6.45) is 21.5. The highest BCUT2D eigenvalue weighted by Gasteiger charge is 2.10. The van der Waals surface area contributed by atoms with Crippen molar-refractivity contribution in [3.05, 3.63) is 29.6 Å². The average molecular weight is 478 g/mol. The first-order valence-corrected chi connectivity index (χ1v) is 13.7. The lowest BCUT2D eigenvalue weighted by Crippen LogP contribution is -2.22. The second-order valence-corrected chi connectivity index (χ2v) is 9.53. The smallest absolute Gasteiger partial charge is 0.128 e. The van der Waals surface area contributed by atoms with Crippen LogP contribution in [0.15, 0.2) is 18.2 Å². The molecule has 0 spiro atoms. The fourth-order valence-corrected chi connectivity index (χ4v) is 4.08. The van der Waals surface area contributed by atoms with Crippen molar-refractivity contribution in [3.63, 3.8) is 0 Å². The lowest BCUT2D eigenvalue weighted by molar-refractivity contribution is 0.0487. The SMILES string of the molecule is CCCCCCCCCCCCCCCCCCOCC(CO)COc1cc(F)cc(C#N)c1. The first-order valence-electron chi connectivity index (χ1n) is 13.7. The van der Waals surface area contributed by atoms with Crippen molar-refractivity contribution in [2.45, 2.75) is 110 Å². The number of nitriles is 1. The molecule has 4 nitrogen and oxygen atoms in total. The Morgan fingerprint density at radius 2 is 1.32 bits per heavy atom. The number of ether oxygens (including phenoxy) is 2. The molecule has 0 aliphatic rings. The second kappa shape index (κ2) is 21.9. The van der Waals surface area contributed by atoms with E-state index >= 15 is 0 Å². The Bertz CT molecular complexity index is 647. The number of halogens is 1. The molecular weight excluding hydrogens is 429 g/mol. The maximum Gasteiger partial charge on any atom is 0.128 e. The van der Waals surface area contributed by atoms with Gasteiger partial charge < -0.3 is 14.6 Å². The van der Waals surface area contributed by atoms with Crippen LogP contribution in [0.25, 0.3) is 0 Å². The Labute approximate surface area is 207 Å². The van der Waals surface area contributed by atoms with Gasteiger partial charge in [-0.15, -0.1) is 0 Å². The molecule has 0 saturated carbocycles. The van der Waals surface area contributed by atoms with E-state index in [0.717, 1.165) is 12.5 Å². The monoisotopic (exact) mass is 477 g/mol. The minimum absolute atomic E-state index is 0.0562. The van der Waals surface area contributed by atoms with E-state index in [2.05, 4.69) is 6.92 Å². The largest absolute Gasteiger partial charge is 0.493 e. The van der Waals surface area contributed by atoms with Gasteiger partial charge in [-0.05, 0) is 18.6 Å². The van der Waals surface area contributed by atoms with Gasteiger partial charge >= 0.3 is 0 Å². The number of aliphatic hydroxyl groups is 1. The summed E-state index contributed by atoms with van der Waals surface area (Å²) in [7, 11) is 0. The standard InChI is InChI=1S/C29H48FNO3/c1-2-3-4-5-6-7-8-9-10-11-12-13-14-15-16-17-18-33-24-27(23-32)25-34-29-20-26(22-31)19-28(30)21-29/h19-21,27,32H,2-18,23-25H2,1H3. The summed E-state index contributed by atoms with van der Waals surface area (Å²) in [5, 5.41) is 18.4. The molecule has 0 aliphatic carbocycles. The molecule has 0 aliphatic heterocycles. The Morgan fingerprint density at radius 3 is 1.82 bits per heavy atom. The van der Waals surface area contributed by atoms with Crippen LogP contribution >= 0.6 is 0 Å². The molecule has 194 valence electrons. The maximum absolute atomic E-state index is 13.5. The van der Waals surface area contributed by atoms with E-state index in [1.165, 1.54) is 108 Å². The van der Waals surface area contributed by atoms with Gasteiger partial charge in [0.05, 0.1) is 31.5 Å². The summed E-state index contributed by atoms with van der Waals surface area (Å²) in [5.41, 5.74) is 0.218. The molecule has 0 aromatic heterocycles. The number of nitrogens with zero attached hydrogens (tertiary/aromatic N) is 1. The van der Waals surface area contributed by atoms with Crippen molar-refractivity contribution < 1.29 is 19.0 Å². The van der Waals surface area contributed by atoms with Crippen LogP contribution in [0.4, 0.5) is 4.39 Å². The highest BCUT2D eigenvalue weighted by atomic mass is 19.1. The Kier molecular flexibility index (Phi) is 19.5. The predicted octanol–water partition coefficient (Wildman–Crippen LogP) is 7.96. The highest BCUT2D eigenvalue weighted by Crippen LogP contribution is 2.17. The van der Waals surface area contributed by atoms with Crippen LogP contribution in [0.3, 0.4) is 0 Å². The van der Waals surface area contributed by atoms with E-state index in [-0.39, 0.29) is 24.7 Å². The third-order valence-electron chi connectivity index (χ3n) is 6.24. The summed E-state index contributed by atoms with van der Waals surface area (Å²) >= 11 is 0. The van der Waals surface area contributed by atoms with Crippen LogP contribution in [0.5, 0.6) is 5.75 Å². The number of rotatable bonds is 23. The zero-order chi connectivity index (χ0) is 24.7. The summed E-state index contributed by atoms with van der Waals surface area (Å²) in [6.45, 7) is 3.54. The Balaban J connectivity index is 1.89. The second-order valence-electron chi connectivity index (χ2n) is 9.53. The van der Waals surface area contributed by atoms with Crippen molar-refractivity contribution in [2.75, 3.05) is 26.4 Å². The first kappa shape index (κ1) is 30.4. The van der Waals surface area contributed by atoms with Gasteiger partial charge in [-0.3, -0.25) is 0 Å². The van der Waals surface area contributed by atoms with Crippen molar-refractivity contribution >= 4 is 0 Å². The molecule has 1 unspecified atom stereocenters. The Hall–Kier alpha value is -1.64. The van der Waals surface area contributed by atoms with Gasteiger partial charge in [0, 0.05) is 18.6 Å². The van der Waals surface area contributed by atoms with E-state index in [0.29, 0.717) is 19.0 Å². The zero-order valence-corrected chi connectivity index (χ0v) is 21.5. The van der Waals surface area contributed by atoms with Crippen LogP contribution in [0, 0.1) is 23.1 Å². The van der Waals surface area contributed by atoms with Crippen molar-refractivity contribution in [2.24, 2.45) is 5.92 Å². The fraction of sp³-hybridized carbons (Fsp3) is 0.759. The summed E-state index contributed by atoms with van der Waals surface area (Å²) in [6, 6.07) is 5.81. The lowest BCUT2D eigenvalue weighted by Gasteiger charge is -2.16. The van der Waals surface area contributed by atoms with Crippen LogP contribution in [-0.2, 0) is 4.74 Å². The predicted molar refractivity (Wildman–Crippen MR) is 138 cm³/mol. The zero-order valence-electron chi connectivity index (χ0n) is 21.5. The van der Waals surface area contributed by atoms with Crippen molar-refractivity contribution in [1.29, 1.82) is 5.26 Å². The molecule has 5 heteroatoms. The van der Waals surface area contributed by atoms with E-state index in [4.69, 9.17) is 14.7 Å². The minimum atomic E-state index is -0.505. The third-order valence-corrected chi connectivity index (χ3v) is 6.24. The molecule has 1 atom stereocenters. The van der Waals surface area contributed by atoms with Gasteiger partial charge in [-0.1, -0.05) is 103 Å². The lowest BCUT2D eigenvalue weighted by atomic mass is 10.0. The number of unbranched alkanes of at least 4 members (excludes halogenated alkanes) is 15. The summed E-state index contributed by atoms with van der Waals surface area (Å²) in [5.74, 6) is -0.378. The number of benzene rings is 1. The summed E-state index contributed by atoms with van der Waals surface area (Å²) < 4.78 is 24.7. The fourth-order valence-electron chi connectivity index (χ4n) is 4.08. The third kappa shape index (κ3) is 16.9. The van der Waals surface area contributed by atoms with Crippen LogP contribution in [0.1, 0.15) is 115 Å². The molecule has 1 aromatic rings. The van der Waals surface area contributed by atoms with Gasteiger partial charge in [-0.25, -0.2) is 4.39 Å². The maximum atomic E-state index is 13.5. The molecule has 0 bridgehead atoms. The van der Waals surface area contributed by atoms with Gasteiger partial charge in [0.15, 0.2) is 0 Å². The van der Waals surface area contributed by atoms with E-state index < -0.39 is 5.82 Å². The van der Waals surface area contributed by atoms with Gasteiger partial charge in [0.2, 0.25) is 0 Å². The Morgan fingerprint density at radius 1 is 0.794 bits per heavy atom. The molecule has 1 N–H and O–H groups in total. The topological polar surface area (TPSA) is 62.5 Å². The van der Waals surface area contributed by atoms with Crippen LogP contribution < -0.4 is 4.74 Å². The normalized spacial score (nSPS) is 11.9. The van der Waals surface area contributed by atoms with E-state index in [1.54, 1.807) is 0 Å². The van der Waals surface area contributed by atoms with Crippen LogP contribution in [-0.4, -0.2) is 31.5 Å². The quantitative estimate of drug-likeness (QED) is 0.162. The molecule has 1 aromatic carbocycles. The first-order chi connectivity index (χ1) is 16.7. The molecular formula is C29H48FNO3.